The minimum atomic E-state index is -2.77. The van der Waals surface area contributed by atoms with E-state index < -0.39 is 95.0 Å². The smallest absolute Gasteiger partial charge is 0.499 e. The van der Waals surface area contributed by atoms with E-state index in [1.54, 1.807) is 13.8 Å². The number of hydroxylamine groups is 2. The van der Waals surface area contributed by atoms with Crippen LogP contribution in [0.3, 0.4) is 0 Å². The summed E-state index contributed by atoms with van der Waals surface area (Å²) in [5, 5.41) is 47.7. The van der Waals surface area contributed by atoms with E-state index in [9.17, 15) is 49.2 Å². The molecule has 22 heteroatoms. The predicted octanol–water partition coefficient (Wildman–Crippen LogP) is -1.60. The normalized spacial score (nSPS) is 27.6. The first-order valence-electron chi connectivity index (χ1n) is 14.8. The minimum absolute atomic E-state index is 0.0192. The Kier molecular flexibility index (Phi) is 8.27. The van der Waals surface area contributed by atoms with Crippen LogP contribution in [0.4, 0.5) is 9.93 Å². The highest BCUT2D eigenvalue weighted by atomic mass is 32.1. The molecule has 0 bridgehead atoms. The van der Waals surface area contributed by atoms with Gasteiger partial charge in [-0.1, -0.05) is 5.16 Å². The summed E-state index contributed by atoms with van der Waals surface area (Å²) in [5.74, 6) is -7.77. The van der Waals surface area contributed by atoms with E-state index in [1.165, 1.54) is 5.38 Å². The number of hydrogen-bond donors (Lipinski definition) is 6. The number of nitrogens with two attached hydrogens (primary N) is 1. The van der Waals surface area contributed by atoms with Crippen molar-refractivity contribution >= 4 is 57.9 Å². The number of aromatic nitrogens is 2. The molecule has 21 nitrogen and oxygen atoms in total. The van der Waals surface area contributed by atoms with Gasteiger partial charge >= 0.3 is 29.7 Å². The molecule has 6 heterocycles. The van der Waals surface area contributed by atoms with Crippen LogP contribution in [-0.2, 0) is 49.7 Å². The zero-order valence-corrected chi connectivity index (χ0v) is 27.0. The van der Waals surface area contributed by atoms with Crippen LogP contribution in [0.5, 0.6) is 11.5 Å². The van der Waals surface area contributed by atoms with Crippen LogP contribution in [0, 0.1) is 0 Å². The molecule has 7 N–H and O–H groups in total. The number of carboxylic acids is 2. The highest BCUT2D eigenvalue weighted by Crippen LogP contribution is 2.39. The summed E-state index contributed by atoms with van der Waals surface area (Å²) < 4.78 is 11.8. The first kappa shape index (κ1) is 34.3. The number of aromatic hydroxyl groups is 2. The molecule has 6 rings (SSSR count). The van der Waals surface area contributed by atoms with E-state index in [2.05, 4.69) is 15.5 Å². The number of aliphatic carboxylic acids is 2. The molecular weight excluding hydrogens is 690 g/mol. The fraction of sp³-hybridized carbons (Fsp3) is 0.464. The number of thiazole rings is 1. The number of nitrogen functional groups attached to an aromatic ring is 1. The molecular formula is C28H30N7O14S+. The third-order valence-corrected chi connectivity index (χ3v) is 9.20. The number of nitrogens with zero attached hydrogens (tertiary/aromatic N) is 5. The number of carbonyl (C=O) groups is 6. The van der Waals surface area contributed by atoms with Gasteiger partial charge in [0, 0.05) is 24.3 Å². The van der Waals surface area contributed by atoms with E-state index in [0.29, 0.717) is 0 Å². The molecule has 0 spiro atoms. The van der Waals surface area contributed by atoms with Gasteiger partial charge in [0.25, 0.3) is 11.8 Å². The Morgan fingerprint density at radius 1 is 1.18 bits per heavy atom. The lowest BCUT2D eigenvalue weighted by Gasteiger charge is -2.40. The Morgan fingerprint density at radius 2 is 1.92 bits per heavy atom. The number of fused-ring (bicyclic) bond motifs is 1. The molecule has 50 heavy (non-hydrogen) atoms. The summed E-state index contributed by atoms with van der Waals surface area (Å²) in [6.07, 6.45) is -0.107. The van der Waals surface area contributed by atoms with Gasteiger partial charge in [-0.3, -0.25) is 14.4 Å². The second kappa shape index (κ2) is 12.1. The van der Waals surface area contributed by atoms with Gasteiger partial charge in [0.05, 0.1) is 18.6 Å². The SMILES string of the molecule is CC1(C)CC(O/N=C(\C(=O)N[C@H]2CON(C3(C(=O)O)CC(N4Cc5cc(O)c(O)c[n+]5C4=O)C(=O)O3)C2=O)c2csc(N)n2)(C(=O)O)CCO1. The van der Waals surface area contributed by atoms with Gasteiger partial charge in [0.1, 0.15) is 24.5 Å². The zero-order valence-electron chi connectivity index (χ0n) is 26.2. The molecule has 2 aromatic heterocycles. The van der Waals surface area contributed by atoms with Gasteiger partial charge in [0.15, 0.2) is 34.6 Å². The molecule has 4 aliphatic rings. The highest BCUT2D eigenvalue weighted by molar-refractivity contribution is 7.13. The van der Waals surface area contributed by atoms with Crippen molar-refractivity contribution in [2.45, 2.75) is 68.7 Å². The number of amides is 3. The van der Waals surface area contributed by atoms with Crippen LogP contribution < -0.4 is 15.6 Å². The van der Waals surface area contributed by atoms with Crippen LogP contribution >= 0.6 is 11.3 Å². The number of anilines is 1. The van der Waals surface area contributed by atoms with Crippen molar-refractivity contribution in [3.63, 3.8) is 0 Å². The molecule has 3 amide bonds. The lowest BCUT2D eigenvalue weighted by Crippen LogP contribution is -2.57. The Labute approximate surface area is 284 Å². The summed E-state index contributed by atoms with van der Waals surface area (Å²) in [7, 11) is 0. The topological polar surface area (TPSA) is 294 Å². The highest BCUT2D eigenvalue weighted by Gasteiger charge is 2.66. The van der Waals surface area contributed by atoms with Crippen molar-refractivity contribution in [1.29, 1.82) is 0 Å². The lowest BCUT2D eigenvalue weighted by atomic mass is 9.84. The zero-order chi connectivity index (χ0) is 36.3. The van der Waals surface area contributed by atoms with E-state index >= 15 is 0 Å². The number of esters is 1. The summed E-state index contributed by atoms with van der Waals surface area (Å²) in [6, 6.07) is -2.88. The molecule has 0 aromatic carbocycles. The molecule has 3 fully saturated rings. The quantitative estimate of drug-likeness (QED) is 0.0735. The van der Waals surface area contributed by atoms with E-state index in [0.717, 1.165) is 33.1 Å². The van der Waals surface area contributed by atoms with Crippen molar-refractivity contribution in [3.8, 4) is 11.5 Å². The average molecular weight is 721 g/mol. The van der Waals surface area contributed by atoms with Crippen molar-refractivity contribution in [2.75, 3.05) is 18.9 Å². The van der Waals surface area contributed by atoms with Crippen LogP contribution in [-0.4, -0.2) is 119 Å². The number of pyridine rings is 1. The first-order chi connectivity index (χ1) is 23.5. The van der Waals surface area contributed by atoms with Gasteiger partial charge in [-0.25, -0.2) is 24.3 Å². The van der Waals surface area contributed by atoms with Crippen molar-refractivity contribution in [1.82, 2.24) is 20.3 Å². The molecule has 4 atom stereocenters. The number of hydrogen-bond acceptors (Lipinski definition) is 16. The third kappa shape index (κ3) is 5.75. The number of ether oxygens (including phenoxy) is 2. The predicted molar refractivity (Wildman–Crippen MR) is 160 cm³/mol. The number of oxime groups is 1. The average Bonchev–Trinajstić information content (AvgIpc) is 3.79. The number of nitrogens with one attached hydrogen (secondary N) is 1. The molecule has 3 unspecified atom stereocenters. The maximum absolute atomic E-state index is 13.6. The third-order valence-electron chi connectivity index (χ3n) is 8.53. The fourth-order valence-corrected chi connectivity index (χ4v) is 6.64. The summed E-state index contributed by atoms with van der Waals surface area (Å²) in [5.41, 5.74) is -0.330. The van der Waals surface area contributed by atoms with Gasteiger partial charge in [0.2, 0.25) is 11.6 Å². The Morgan fingerprint density at radius 3 is 2.56 bits per heavy atom. The molecule has 2 aromatic rings. The molecule has 4 aliphatic heterocycles. The van der Waals surface area contributed by atoms with Gasteiger partial charge < -0.3 is 45.8 Å². The lowest BCUT2D eigenvalue weighted by molar-refractivity contribution is -0.573. The standard InChI is InChI=1S/C28H29N7O14S/c1-26(2)11-27(22(41)42,3-4-46-26)49-32-18(14-10-50-24(29)31-14)19(38)30-13-9-47-35(20(13)39)28(23(43)44)6-15(21(40)48-28)34-7-12-5-16(36)17(37)8-33(12)25(34)45/h5,8,10,13,15H,3-4,6-7,9,11H2,1-2H3,(H6,29,30,31,37,38,41,42,43,44)/p+1/b32-18-/t13-,15?,27?,28?/m0/s1. The second-order valence-corrected chi connectivity index (χ2v) is 13.3. The fourth-order valence-electron chi connectivity index (χ4n) is 6.09. The first-order valence-corrected chi connectivity index (χ1v) is 15.7. The Balaban J connectivity index is 1.21. The maximum atomic E-state index is 13.6. The van der Waals surface area contributed by atoms with Crippen molar-refractivity contribution in [2.24, 2.45) is 5.16 Å². The van der Waals surface area contributed by atoms with Gasteiger partial charge in [-0.15, -0.1) is 11.3 Å². The van der Waals surface area contributed by atoms with Crippen molar-refractivity contribution in [3.05, 3.63) is 29.0 Å². The van der Waals surface area contributed by atoms with Crippen LogP contribution in [0.1, 0.15) is 44.5 Å². The summed E-state index contributed by atoms with van der Waals surface area (Å²) in [4.78, 5) is 94.0. The van der Waals surface area contributed by atoms with Crippen molar-refractivity contribution < 1.29 is 72.9 Å². The number of carbonyl (C=O) groups excluding carboxylic acids is 4. The van der Waals surface area contributed by atoms with Crippen LogP contribution in [0.2, 0.25) is 0 Å². The van der Waals surface area contributed by atoms with Crippen LogP contribution in [0.15, 0.2) is 22.8 Å². The van der Waals surface area contributed by atoms with E-state index in [4.69, 9.17) is 24.9 Å². The summed E-state index contributed by atoms with van der Waals surface area (Å²) >= 11 is 0.934. The van der Waals surface area contributed by atoms with Crippen LogP contribution in [0.25, 0.3) is 0 Å². The molecule has 3 saturated heterocycles. The second-order valence-electron chi connectivity index (χ2n) is 12.4. The monoisotopic (exact) mass is 720 g/mol. The minimum Gasteiger partial charge on any atom is -0.504 e. The molecule has 0 saturated carbocycles. The molecule has 0 radical (unpaired) electrons. The number of carboxylic acid groups (broad SMARTS) is 2. The summed E-state index contributed by atoms with van der Waals surface area (Å²) in [6.45, 7) is 2.42. The van der Waals surface area contributed by atoms with Gasteiger partial charge in [-0.2, -0.15) is 14.4 Å². The van der Waals surface area contributed by atoms with E-state index in [-0.39, 0.29) is 47.6 Å². The number of rotatable bonds is 9. The van der Waals surface area contributed by atoms with Gasteiger partial charge in [-0.05, 0) is 13.8 Å². The molecule has 266 valence electrons. The Bertz CT molecular complexity index is 1860. The largest absolute Gasteiger partial charge is 0.504 e. The maximum Gasteiger partial charge on any atom is 0.499 e. The van der Waals surface area contributed by atoms with E-state index in [1.807, 2.05) is 0 Å². The Hall–Kier alpha value is -5.61. The number of cyclic esters (lactones) is 1. The molecule has 0 aliphatic carbocycles.